The van der Waals surface area contributed by atoms with Crippen molar-refractivity contribution in [3.63, 3.8) is 0 Å². The van der Waals surface area contributed by atoms with Gasteiger partial charge >= 0.3 is 5.97 Å². The van der Waals surface area contributed by atoms with E-state index in [1.54, 1.807) is 0 Å². The molecule has 0 saturated carbocycles. The van der Waals surface area contributed by atoms with Crippen LogP contribution in [0.25, 0.3) is 0 Å². The summed E-state index contributed by atoms with van der Waals surface area (Å²) in [4.78, 5) is 10.2. The number of thiol groups is 1. The molecule has 48 valence electrons. The lowest BCUT2D eigenvalue weighted by Gasteiger charge is -1.95. The second kappa shape index (κ2) is 5.25. The van der Waals surface area contributed by atoms with Gasteiger partial charge in [-0.15, -0.1) is 11.6 Å². The smallest absolute Gasteiger partial charge is 0.315 e. The van der Waals surface area contributed by atoms with Gasteiger partial charge in [-0.05, 0) is 0 Å². The predicted molar refractivity (Wildman–Crippen MR) is 35.5 cm³/mol. The SMILES string of the molecule is O=C(CS)OCCCl. The Morgan fingerprint density at radius 3 is 2.75 bits per heavy atom. The quantitative estimate of drug-likeness (QED) is 0.368. The van der Waals surface area contributed by atoms with Crippen LogP contribution in [0.3, 0.4) is 0 Å². The summed E-state index contributed by atoms with van der Waals surface area (Å²) < 4.78 is 4.49. The van der Waals surface area contributed by atoms with Crippen molar-refractivity contribution in [1.29, 1.82) is 0 Å². The van der Waals surface area contributed by atoms with E-state index in [1.165, 1.54) is 0 Å². The first-order valence-electron chi connectivity index (χ1n) is 2.13. The average molecular weight is 155 g/mol. The van der Waals surface area contributed by atoms with Gasteiger partial charge in [-0.25, -0.2) is 0 Å². The summed E-state index contributed by atoms with van der Waals surface area (Å²) in [5, 5.41) is 0. The number of hydrogen-bond acceptors (Lipinski definition) is 3. The molecule has 0 aromatic heterocycles. The lowest BCUT2D eigenvalue weighted by atomic mass is 10.8. The molecular weight excluding hydrogens is 148 g/mol. The lowest BCUT2D eigenvalue weighted by Crippen LogP contribution is -2.07. The van der Waals surface area contributed by atoms with E-state index < -0.39 is 0 Å². The third kappa shape index (κ3) is 4.27. The molecule has 0 rings (SSSR count). The Labute approximate surface area is 58.6 Å². The fourth-order valence-electron chi connectivity index (χ4n) is 0.198. The Morgan fingerprint density at radius 2 is 2.38 bits per heavy atom. The van der Waals surface area contributed by atoms with Crippen molar-refractivity contribution in [2.24, 2.45) is 0 Å². The molecule has 0 atom stereocenters. The Morgan fingerprint density at radius 1 is 1.75 bits per heavy atom. The van der Waals surface area contributed by atoms with Gasteiger partial charge in [-0.2, -0.15) is 12.6 Å². The first-order valence-corrected chi connectivity index (χ1v) is 3.30. The van der Waals surface area contributed by atoms with Gasteiger partial charge in [0, 0.05) is 0 Å². The van der Waals surface area contributed by atoms with E-state index in [9.17, 15) is 4.79 Å². The molecule has 0 unspecified atom stereocenters. The maximum atomic E-state index is 10.2. The van der Waals surface area contributed by atoms with E-state index in [-0.39, 0.29) is 18.3 Å². The minimum absolute atomic E-state index is 0.122. The molecule has 0 aliphatic carbocycles. The van der Waals surface area contributed by atoms with Crippen molar-refractivity contribution in [3.8, 4) is 0 Å². The van der Waals surface area contributed by atoms with Crippen molar-refractivity contribution in [1.82, 2.24) is 0 Å². The molecule has 0 saturated heterocycles. The molecule has 0 fully saturated rings. The number of rotatable bonds is 3. The topological polar surface area (TPSA) is 26.3 Å². The second-order valence-corrected chi connectivity index (χ2v) is 1.76. The van der Waals surface area contributed by atoms with Gasteiger partial charge in [-0.3, -0.25) is 4.79 Å². The Bertz CT molecular complexity index is 76.4. The number of carbonyl (C=O) groups excluding carboxylic acids is 1. The highest BCUT2D eigenvalue weighted by Crippen LogP contribution is 1.82. The van der Waals surface area contributed by atoms with Gasteiger partial charge in [-0.1, -0.05) is 0 Å². The number of alkyl halides is 1. The molecule has 0 heterocycles. The van der Waals surface area contributed by atoms with Crippen molar-refractivity contribution < 1.29 is 9.53 Å². The van der Waals surface area contributed by atoms with Crippen molar-refractivity contribution in [2.75, 3.05) is 18.2 Å². The molecule has 0 aliphatic heterocycles. The maximum Gasteiger partial charge on any atom is 0.315 e. The largest absolute Gasteiger partial charge is 0.464 e. The van der Waals surface area contributed by atoms with Crippen LogP contribution in [0.1, 0.15) is 0 Å². The number of hydrogen-bond donors (Lipinski definition) is 1. The number of carbonyl (C=O) groups is 1. The van der Waals surface area contributed by atoms with Crippen LogP contribution in [-0.4, -0.2) is 24.2 Å². The third-order valence-electron chi connectivity index (χ3n) is 0.469. The summed E-state index contributed by atoms with van der Waals surface area (Å²) in [6.45, 7) is 0.279. The zero-order valence-corrected chi connectivity index (χ0v) is 5.91. The first-order chi connectivity index (χ1) is 3.81. The zero-order chi connectivity index (χ0) is 6.41. The summed E-state index contributed by atoms with van der Waals surface area (Å²) in [6.07, 6.45) is 0. The Hall–Kier alpha value is 0.110. The molecule has 0 spiro atoms. The lowest BCUT2D eigenvalue weighted by molar-refractivity contribution is -0.139. The van der Waals surface area contributed by atoms with Gasteiger partial charge in [0.1, 0.15) is 6.61 Å². The van der Waals surface area contributed by atoms with E-state index in [4.69, 9.17) is 11.6 Å². The minimum Gasteiger partial charge on any atom is -0.464 e. The third-order valence-corrected chi connectivity index (χ3v) is 0.882. The highest BCUT2D eigenvalue weighted by molar-refractivity contribution is 7.81. The van der Waals surface area contributed by atoms with Gasteiger partial charge in [0.15, 0.2) is 0 Å². The van der Waals surface area contributed by atoms with Crippen molar-refractivity contribution in [3.05, 3.63) is 0 Å². The van der Waals surface area contributed by atoms with Gasteiger partial charge in [0.25, 0.3) is 0 Å². The molecular formula is C4H7ClO2S. The fraction of sp³-hybridized carbons (Fsp3) is 0.750. The van der Waals surface area contributed by atoms with E-state index in [2.05, 4.69) is 17.4 Å². The normalized spacial score (nSPS) is 8.75. The molecule has 2 nitrogen and oxygen atoms in total. The summed E-state index contributed by atoms with van der Waals surface area (Å²) in [7, 11) is 0. The van der Waals surface area contributed by atoms with Gasteiger partial charge in [0.05, 0.1) is 11.6 Å². The second-order valence-electron chi connectivity index (χ2n) is 1.07. The molecule has 0 aliphatic rings. The predicted octanol–water partition coefficient (Wildman–Crippen LogP) is 0.698. The maximum absolute atomic E-state index is 10.2. The van der Waals surface area contributed by atoms with Crippen LogP contribution in [0.2, 0.25) is 0 Å². The van der Waals surface area contributed by atoms with Gasteiger partial charge in [0.2, 0.25) is 0 Å². The van der Waals surface area contributed by atoms with Crippen LogP contribution >= 0.6 is 24.2 Å². The van der Waals surface area contributed by atoms with Crippen LogP contribution in [-0.2, 0) is 9.53 Å². The number of esters is 1. The minimum atomic E-state index is -0.325. The van der Waals surface area contributed by atoms with Crippen LogP contribution in [0, 0.1) is 0 Å². The van der Waals surface area contributed by atoms with Gasteiger partial charge < -0.3 is 4.74 Å². The van der Waals surface area contributed by atoms with Crippen LogP contribution in [0.4, 0.5) is 0 Å². The first kappa shape index (κ1) is 8.11. The monoisotopic (exact) mass is 154 g/mol. The summed E-state index contributed by atoms with van der Waals surface area (Å²) in [6, 6.07) is 0. The Balaban J connectivity index is 2.99. The van der Waals surface area contributed by atoms with Crippen LogP contribution in [0.5, 0.6) is 0 Å². The van der Waals surface area contributed by atoms with Crippen LogP contribution in [0.15, 0.2) is 0 Å². The highest BCUT2D eigenvalue weighted by Gasteiger charge is 1.94. The molecule has 0 bridgehead atoms. The molecule has 0 aromatic carbocycles. The summed E-state index contributed by atoms with van der Waals surface area (Å²) in [5.41, 5.74) is 0. The Kier molecular flexibility index (Phi) is 5.32. The highest BCUT2D eigenvalue weighted by atomic mass is 35.5. The molecule has 0 radical (unpaired) electrons. The molecule has 0 amide bonds. The van der Waals surface area contributed by atoms with E-state index >= 15 is 0 Å². The van der Waals surface area contributed by atoms with Crippen LogP contribution < -0.4 is 0 Å². The average Bonchev–Trinajstić information content (AvgIpc) is 1.83. The molecule has 4 heteroatoms. The summed E-state index contributed by atoms with van der Waals surface area (Å²) >= 11 is 8.87. The molecule has 0 aromatic rings. The summed E-state index contributed by atoms with van der Waals surface area (Å²) in [5.74, 6) is 0.144. The molecule has 8 heavy (non-hydrogen) atoms. The van der Waals surface area contributed by atoms with Crippen molar-refractivity contribution >= 4 is 30.2 Å². The van der Waals surface area contributed by atoms with E-state index in [0.29, 0.717) is 5.88 Å². The van der Waals surface area contributed by atoms with Crippen molar-refractivity contribution in [2.45, 2.75) is 0 Å². The fourth-order valence-corrected chi connectivity index (χ4v) is 0.366. The number of halogens is 1. The van der Waals surface area contributed by atoms with E-state index in [1.807, 2.05) is 0 Å². The molecule has 0 N–H and O–H groups in total. The zero-order valence-electron chi connectivity index (χ0n) is 4.26. The number of ether oxygens (including phenoxy) is 1. The standard InChI is InChI=1S/C4H7ClO2S/c5-1-2-7-4(6)3-8/h8H,1-3H2. The van der Waals surface area contributed by atoms with E-state index in [0.717, 1.165) is 0 Å².